The molecule has 2 aromatic rings. The Kier molecular flexibility index (Phi) is 2.73. The van der Waals surface area contributed by atoms with Crippen LogP contribution in [-0.2, 0) is 6.54 Å². The van der Waals surface area contributed by atoms with E-state index in [0.717, 1.165) is 12.2 Å². The minimum atomic E-state index is 0.516. The molecule has 0 aliphatic heterocycles. The van der Waals surface area contributed by atoms with Gasteiger partial charge in [0.05, 0.1) is 0 Å². The quantitative estimate of drug-likeness (QED) is 0.760. The first kappa shape index (κ1) is 10.2. The molecule has 0 saturated carbocycles. The van der Waals surface area contributed by atoms with Crippen LogP contribution in [-0.4, -0.2) is 34.6 Å². The van der Waals surface area contributed by atoms with Gasteiger partial charge in [-0.15, -0.1) is 0 Å². The maximum Gasteiger partial charge on any atom is 0.139 e. The highest BCUT2D eigenvalue weighted by Crippen LogP contribution is 2.13. The molecule has 0 aromatic carbocycles. The number of likely N-dealkylation sites (N-methyl/N-ethyl adjacent to an activating group) is 1. The lowest BCUT2D eigenvalue weighted by atomic mass is 10.3. The van der Waals surface area contributed by atoms with Crippen molar-refractivity contribution >= 4 is 11.0 Å². The molecule has 0 bridgehead atoms. The van der Waals surface area contributed by atoms with Crippen LogP contribution in [0, 0.1) is 0 Å². The molecule has 1 atom stereocenters. The van der Waals surface area contributed by atoms with Crippen LogP contribution >= 0.6 is 0 Å². The molecule has 0 aliphatic rings. The molecule has 3 heteroatoms. The van der Waals surface area contributed by atoms with Crippen molar-refractivity contribution in [2.45, 2.75) is 19.5 Å². The molecule has 0 aliphatic carbocycles. The lowest BCUT2D eigenvalue weighted by Gasteiger charge is -2.20. The zero-order valence-electron chi connectivity index (χ0n) is 9.51. The summed E-state index contributed by atoms with van der Waals surface area (Å²) in [7, 11) is 4.20. The summed E-state index contributed by atoms with van der Waals surface area (Å²) in [5.41, 5.74) is 1.08. The maximum absolute atomic E-state index is 4.40. The number of hydrogen-bond donors (Lipinski definition) is 0. The van der Waals surface area contributed by atoms with Gasteiger partial charge in [-0.3, -0.25) is 0 Å². The lowest BCUT2D eigenvalue weighted by molar-refractivity contribution is 0.286. The predicted octanol–water partition coefficient (Wildman–Crippen LogP) is 1.99. The fraction of sp³-hybridized carbons (Fsp3) is 0.417. The van der Waals surface area contributed by atoms with Crippen LogP contribution in [0.1, 0.15) is 6.92 Å². The van der Waals surface area contributed by atoms with E-state index in [1.165, 1.54) is 5.39 Å². The van der Waals surface area contributed by atoms with Crippen molar-refractivity contribution in [2.24, 2.45) is 0 Å². The molecule has 15 heavy (non-hydrogen) atoms. The SMILES string of the molecule is C[C@H](Cn1ccc2cccnc21)N(C)C. The Hall–Kier alpha value is -1.35. The Morgan fingerprint density at radius 3 is 2.93 bits per heavy atom. The summed E-state index contributed by atoms with van der Waals surface area (Å²) in [5, 5.41) is 1.21. The minimum absolute atomic E-state index is 0.516. The van der Waals surface area contributed by atoms with Gasteiger partial charge in [0.2, 0.25) is 0 Å². The second kappa shape index (κ2) is 4.03. The number of rotatable bonds is 3. The molecule has 0 unspecified atom stereocenters. The normalized spacial score (nSPS) is 13.6. The van der Waals surface area contributed by atoms with E-state index in [0.29, 0.717) is 6.04 Å². The molecule has 0 amide bonds. The van der Waals surface area contributed by atoms with Crippen molar-refractivity contribution in [2.75, 3.05) is 14.1 Å². The van der Waals surface area contributed by atoms with Crippen molar-refractivity contribution in [1.29, 1.82) is 0 Å². The van der Waals surface area contributed by atoms with Crippen LogP contribution in [0.5, 0.6) is 0 Å². The highest BCUT2D eigenvalue weighted by molar-refractivity contribution is 5.75. The molecule has 0 spiro atoms. The topological polar surface area (TPSA) is 21.1 Å². The summed E-state index contributed by atoms with van der Waals surface area (Å²) in [6, 6.07) is 6.70. The van der Waals surface area contributed by atoms with Gasteiger partial charge in [0.25, 0.3) is 0 Å². The molecule has 0 N–H and O–H groups in total. The standard InChI is InChI=1S/C12H17N3/c1-10(14(2)3)9-15-8-6-11-5-4-7-13-12(11)15/h4-8,10H,9H2,1-3H3/t10-/m1/s1. The molecule has 2 aromatic heterocycles. The summed E-state index contributed by atoms with van der Waals surface area (Å²) in [4.78, 5) is 6.62. The summed E-state index contributed by atoms with van der Waals surface area (Å²) in [6.07, 6.45) is 3.96. The van der Waals surface area contributed by atoms with Crippen molar-refractivity contribution in [3.63, 3.8) is 0 Å². The van der Waals surface area contributed by atoms with Crippen LogP contribution < -0.4 is 0 Å². The number of aromatic nitrogens is 2. The molecule has 2 rings (SSSR count). The second-order valence-electron chi connectivity index (χ2n) is 4.20. The average Bonchev–Trinajstić information content (AvgIpc) is 2.62. The summed E-state index contributed by atoms with van der Waals surface area (Å²) < 4.78 is 2.21. The molecule has 0 radical (unpaired) electrons. The first-order valence-electron chi connectivity index (χ1n) is 5.25. The van der Waals surface area contributed by atoms with Crippen molar-refractivity contribution in [3.05, 3.63) is 30.6 Å². The fourth-order valence-corrected chi connectivity index (χ4v) is 1.62. The third-order valence-electron chi connectivity index (χ3n) is 2.87. The molecule has 3 nitrogen and oxygen atoms in total. The highest BCUT2D eigenvalue weighted by atomic mass is 15.1. The van der Waals surface area contributed by atoms with Crippen LogP contribution in [0.25, 0.3) is 11.0 Å². The van der Waals surface area contributed by atoms with Crippen molar-refractivity contribution in [1.82, 2.24) is 14.5 Å². The van der Waals surface area contributed by atoms with Crippen LogP contribution in [0.15, 0.2) is 30.6 Å². The number of nitrogens with zero attached hydrogens (tertiary/aromatic N) is 3. The van der Waals surface area contributed by atoms with Crippen LogP contribution in [0.3, 0.4) is 0 Å². The molecular formula is C12H17N3. The Balaban J connectivity index is 2.29. The third-order valence-corrected chi connectivity index (χ3v) is 2.87. The summed E-state index contributed by atoms with van der Waals surface area (Å²) >= 11 is 0. The van der Waals surface area contributed by atoms with Gasteiger partial charge in [-0.1, -0.05) is 0 Å². The first-order chi connectivity index (χ1) is 7.18. The fourth-order valence-electron chi connectivity index (χ4n) is 1.62. The lowest BCUT2D eigenvalue weighted by Crippen LogP contribution is -2.28. The van der Waals surface area contributed by atoms with Gasteiger partial charge in [0.1, 0.15) is 5.65 Å². The van der Waals surface area contributed by atoms with E-state index in [-0.39, 0.29) is 0 Å². The van der Waals surface area contributed by atoms with Crippen molar-refractivity contribution < 1.29 is 0 Å². The van der Waals surface area contributed by atoms with Gasteiger partial charge in [-0.25, -0.2) is 4.98 Å². The average molecular weight is 203 g/mol. The van der Waals surface area contributed by atoms with Gasteiger partial charge in [-0.05, 0) is 39.2 Å². The van der Waals surface area contributed by atoms with E-state index < -0.39 is 0 Å². The van der Waals surface area contributed by atoms with E-state index in [9.17, 15) is 0 Å². The van der Waals surface area contributed by atoms with Gasteiger partial charge in [0.15, 0.2) is 0 Å². The third kappa shape index (κ3) is 2.02. The highest BCUT2D eigenvalue weighted by Gasteiger charge is 2.07. The van der Waals surface area contributed by atoms with Crippen molar-refractivity contribution in [3.8, 4) is 0 Å². The number of fused-ring (bicyclic) bond motifs is 1. The molecule has 0 saturated heterocycles. The van der Waals surface area contributed by atoms with Gasteiger partial charge in [0, 0.05) is 30.4 Å². The first-order valence-corrected chi connectivity index (χ1v) is 5.25. The maximum atomic E-state index is 4.40. The zero-order chi connectivity index (χ0) is 10.8. The Morgan fingerprint density at radius 2 is 2.20 bits per heavy atom. The minimum Gasteiger partial charge on any atom is -0.331 e. The molecular weight excluding hydrogens is 186 g/mol. The van der Waals surface area contributed by atoms with Gasteiger partial charge in [-0.2, -0.15) is 0 Å². The largest absolute Gasteiger partial charge is 0.331 e. The Labute approximate surface area is 90.3 Å². The van der Waals surface area contributed by atoms with E-state index in [1.54, 1.807) is 0 Å². The van der Waals surface area contributed by atoms with Crippen LogP contribution in [0.4, 0.5) is 0 Å². The number of hydrogen-bond acceptors (Lipinski definition) is 2. The Bertz CT molecular complexity index is 445. The molecule has 0 fully saturated rings. The summed E-state index contributed by atoms with van der Waals surface area (Å²) in [6.45, 7) is 3.20. The molecule has 80 valence electrons. The van der Waals surface area contributed by atoms with Crippen LogP contribution in [0.2, 0.25) is 0 Å². The molecule has 2 heterocycles. The van der Waals surface area contributed by atoms with E-state index in [2.05, 4.69) is 53.8 Å². The van der Waals surface area contributed by atoms with Gasteiger partial charge >= 0.3 is 0 Å². The van der Waals surface area contributed by atoms with Gasteiger partial charge < -0.3 is 9.47 Å². The summed E-state index contributed by atoms with van der Waals surface area (Å²) in [5.74, 6) is 0. The smallest absolute Gasteiger partial charge is 0.139 e. The van der Waals surface area contributed by atoms with E-state index in [1.807, 2.05) is 12.3 Å². The number of pyridine rings is 1. The zero-order valence-corrected chi connectivity index (χ0v) is 9.51. The monoisotopic (exact) mass is 203 g/mol. The van der Waals surface area contributed by atoms with E-state index in [4.69, 9.17) is 0 Å². The second-order valence-corrected chi connectivity index (χ2v) is 4.20. The Morgan fingerprint density at radius 1 is 1.40 bits per heavy atom. The van der Waals surface area contributed by atoms with E-state index >= 15 is 0 Å². The predicted molar refractivity (Wildman–Crippen MR) is 62.9 cm³/mol.